The smallest absolute Gasteiger partial charge is 0.184 e. The van der Waals surface area contributed by atoms with Crippen LogP contribution in [0.2, 0.25) is 0 Å². The van der Waals surface area contributed by atoms with Crippen molar-refractivity contribution in [3.63, 3.8) is 0 Å². The Bertz CT molecular complexity index is 653. The van der Waals surface area contributed by atoms with Gasteiger partial charge in [0.05, 0.1) is 13.2 Å². The zero-order valence-electron chi connectivity index (χ0n) is 11.5. The molecule has 0 spiro atoms. The summed E-state index contributed by atoms with van der Waals surface area (Å²) in [7, 11) is 1.58. The summed E-state index contributed by atoms with van der Waals surface area (Å²) in [4.78, 5) is 12.5. The maximum absolute atomic E-state index is 12.5. The summed E-state index contributed by atoms with van der Waals surface area (Å²) in [5, 5.41) is 9.33. The Morgan fingerprint density at radius 1 is 1.15 bits per heavy atom. The lowest BCUT2D eigenvalue weighted by molar-refractivity contribution is 0.0978. The number of benzene rings is 2. The maximum atomic E-state index is 12.5. The average molecular weight is 265 g/mol. The van der Waals surface area contributed by atoms with Crippen molar-refractivity contribution in [2.24, 2.45) is 0 Å². The summed E-state index contributed by atoms with van der Waals surface area (Å²) < 4.78 is 5.08. The van der Waals surface area contributed by atoms with Crippen LogP contribution in [0.15, 0.2) is 48.5 Å². The summed E-state index contributed by atoms with van der Waals surface area (Å²) in [5.74, 6) is -0.258. The number of Topliss-reactive ketones (excluding diaryl/α,β-unsaturated/α-hetero) is 1. The quantitative estimate of drug-likeness (QED) is 0.795. The Hall–Kier alpha value is -2.60. The van der Waals surface area contributed by atoms with E-state index in [1.54, 1.807) is 37.4 Å². The van der Waals surface area contributed by atoms with E-state index in [2.05, 4.69) is 6.07 Å². The molecule has 0 aromatic heterocycles. The minimum atomic E-state index is -0.790. The molecule has 0 aliphatic rings. The average Bonchev–Trinajstić information content (AvgIpc) is 2.49. The molecule has 0 fully saturated rings. The van der Waals surface area contributed by atoms with Crippen molar-refractivity contribution >= 4 is 5.78 Å². The van der Waals surface area contributed by atoms with Crippen molar-refractivity contribution in [2.45, 2.75) is 12.8 Å². The summed E-state index contributed by atoms with van der Waals surface area (Å²) in [6.07, 6.45) is 0. The molecule has 0 heterocycles. The van der Waals surface area contributed by atoms with E-state index < -0.39 is 5.92 Å². The number of nitriles is 1. The van der Waals surface area contributed by atoms with Crippen LogP contribution < -0.4 is 4.74 Å². The Kier molecular flexibility index (Phi) is 4.17. The zero-order valence-corrected chi connectivity index (χ0v) is 11.5. The Labute approximate surface area is 118 Å². The largest absolute Gasteiger partial charge is 0.497 e. The van der Waals surface area contributed by atoms with Crippen LogP contribution in [0.5, 0.6) is 5.75 Å². The molecule has 3 heteroatoms. The Morgan fingerprint density at radius 2 is 1.80 bits per heavy atom. The van der Waals surface area contributed by atoms with Crippen molar-refractivity contribution in [3.05, 3.63) is 65.2 Å². The first kappa shape index (κ1) is 13.8. The second kappa shape index (κ2) is 6.03. The number of ether oxygens (including phenoxy) is 1. The second-order valence-electron chi connectivity index (χ2n) is 4.51. The van der Waals surface area contributed by atoms with Crippen LogP contribution in [0.25, 0.3) is 0 Å². The standard InChI is InChI=1S/C17H15NO2/c1-12-5-3-4-6-15(12)17(19)16(11-18)13-7-9-14(20-2)10-8-13/h3-10,16H,1-2H3. The third-order valence-electron chi connectivity index (χ3n) is 3.25. The van der Waals surface area contributed by atoms with Crippen LogP contribution in [0.4, 0.5) is 0 Å². The molecule has 0 aliphatic heterocycles. The molecule has 2 aromatic carbocycles. The summed E-state index contributed by atoms with van der Waals surface area (Å²) in [5.41, 5.74) is 2.16. The molecule has 20 heavy (non-hydrogen) atoms. The number of carbonyl (C=O) groups excluding carboxylic acids is 1. The van der Waals surface area contributed by atoms with Crippen molar-refractivity contribution < 1.29 is 9.53 Å². The summed E-state index contributed by atoms with van der Waals surface area (Å²) in [6, 6.07) is 16.4. The molecule has 0 bridgehead atoms. The number of methoxy groups -OCH3 is 1. The molecule has 3 nitrogen and oxygen atoms in total. The van der Waals surface area contributed by atoms with E-state index in [0.717, 1.165) is 5.56 Å². The monoisotopic (exact) mass is 265 g/mol. The maximum Gasteiger partial charge on any atom is 0.184 e. The molecule has 0 amide bonds. The van der Waals surface area contributed by atoms with E-state index >= 15 is 0 Å². The van der Waals surface area contributed by atoms with E-state index in [9.17, 15) is 10.1 Å². The van der Waals surface area contributed by atoms with Gasteiger partial charge in [0.25, 0.3) is 0 Å². The summed E-state index contributed by atoms with van der Waals surface area (Å²) in [6.45, 7) is 1.87. The number of nitrogens with zero attached hydrogens (tertiary/aromatic N) is 1. The predicted octanol–water partition coefficient (Wildman–Crippen LogP) is 3.49. The van der Waals surface area contributed by atoms with Gasteiger partial charge in [0.15, 0.2) is 5.78 Å². The van der Waals surface area contributed by atoms with E-state index in [1.807, 2.05) is 25.1 Å². The van der Waals surface area contributed by atoms with Gasteiger partial charge in [-0.1, -0.05) is 36.4 Å². The molecule has 2 rings (SSSR count). The predicted molar refractivity (Wildman–Crippen MR) is 76.9 cm³/mol. The minimum absolute atomic E-state index is 0.171. The first-order chi connectivity index (χ1) is 9.67. The van der Waals surface area contributed by atoms with Crippen molar-refractivity contribution in [1.29, 1.82) is 5.26 Å². The summed E-state index contributed by atoms with van der Waals surface area (Å²) >= 11 is 0. The number of aryl methyl sites for hydroxylation is 1. The first-order valence-electron chi connectivity index (χ1n) is 6.30. The number of ketones is 1. The van der Waals surface area contributed by atoms with Gasteiger partial charge < -0.3 is 4.74 Å². The molecule has 100 valence electrons. The van der Waals surface area contributed by atoms with Gasteiger partial charge in [0.1, 0.15) is 11.7 Å². The van der Waals surface area contributed by atoms with Crippen molar-refractivity contribution in [3.8, 4) is 11.8 Å². The number of carbonyl (C=O) groups is 1. The van der Waals surface area contributed by atoms with Gasteiger partial charge in [-0.15, -0.1) is 0 Å². The third kappa shape index (κ3) is 2.70. The fourth-order valence-corrected chi connectivity index (χ4v) is 2.09. The number of hydrogen-bond acceptors (Lipinski definition) is 3. The van der Waals surface area contributed by atoms with Gasteiger partial charge in [-0.05, 0) is 30.2 Å². The van der Waals surface area contributed by atoms with Crippen LogP contribution in [0.3, 0.4) is 0 Å². The van der Waals surface area contributed by atoms with Crippen molar-refractivity contribution in [2.75, 3.05) is 7.11 Å². The number of rotatable bonds is 4. The van der Waals surface area contributed by atoms with Gasteiger partial charge in [-0.25, -0.2) is 0 Å². The molecular formula is C17H15NO2. The van der Waals surface area contributed by atoms with E-state index in [-0.39, 0.29) is 5.78 Å². The van der Waals surface area contributed by atoms with E-state index in [4.69, 9.17) is 4.74 Å². The lowest BCUT2D eigenvalue weighted by Gasteiger charge is -2.11. The molecule has 1 unspecified atom stereocenters. The fraction of sp³-hybridized carbons (Fsp3) is 0.176. The van der Waals surface area contributed by atoms with Crippen LogP contribution in [-0.2, 0) is 0 Å². The molecule has 0 radical (unpaired) electrons. The van der Waals surface area contributed by atoms with Crippen LogP contribution >= 0.6 is 0 Å². The van der Waals surface area contributed by atoms with Crippen molar-refractivity contribution in [1.82, 2.24) is 0 Å². The highest BCUT2D eigenvalue weighted by Gasteiger charge is 2.22. The van der Waals surface area contributed by atoms with Gasteiger partial charge in [0, 0.05) is 5.56 Å². The molecular weight excluding hydrogens is 250 g/mol. The fourth-order valence-electron chi connectivity index (χ4n) is 2.09. The Morgan fingerprint density at radius 3 is 2.35 bits per heavy atom. The Balaban J connectivity index is 2.35. The SMILES string of the molecule is COc1ccc(C(C#N)C(=O)c2ccccc2C)cc1. The number of hydrogen-bond donors (Lipinski definition) is 0. The molecule has 0 aliphatic carbocycles. The lowest BCUT2D eigenvalue weighted by Crippen LogP contribution is -2.12. The van der Waals surface area contributed by atoms with E-state index in [1.165, 1.54) is 0 Å². The first-order valence-corrected chi connectivity index (χ1v) is 6.30. The highest BCUT2D eigenvalue weighted by Crippen LogP contribution is 2.24. The third-order valence-corrected chi connectivity index (χ3v) is 3.25. The highest BCUT2D eigenvalue weighted by molar-refractivity contribution is 6.03. The normalized spacial score (nSPS) is 11.4. The minimum Gasteiger partial charge on any atom is -0.497 e. The van der Waals surface area contributed by atoms with Gasteiger partial charge >= 0.3 is 0 Å². The molecule has 0 N–H and O–H groups in total. The topological polar surface area (TPSA) is 50.1 Å². The molecule has 2 aromatic rings. The zero-order chi connectivity index (χ0) is 14.5. The van der Waals surface area contributed by atoms with Gasteiger partial charge in [0.2, 0.25) is 0 Å². The van der Waals surface area contributed by atoms with Crippen LogP contribution in [-0.4, -0.2) is 12.9 Å². The van der Waals surface area contributed by atoms with Crippen LogP contribution in [0.1, 0.15) is 27.4 Å². The lowest BCUT2D eigenvalue weighted by atomic mass is 9.90. The molecule has 0 saturated carbocycles. The van der Waals surface area contributed by atoms with E-state index in [0.29, 0.717) is 16.9 Å². The highest BCUT2D eigenvalue weighted by atomic mass is 16.5. The molecule has 1 atom stereocenters. The van der Waals surface area contributed by atoms with Gasteiger partial charge in [-0.3, -0.25) is 4.79 Å². The van der Waals surface area contributed by atoms with Gasteiger partial charge in [-0.2, -0.15) is 5.26 Å². The second-order valence-corrected chi connectivity index (χ2v) is 4.51. The van der Waals surface area contributed by atoms with Crippen LogP contribution in [0, 0.1) is 18.3 Å². The molecule has 0 saturated heterocycles.